The van der Waals surface area contributed by atoms with E-state index in [1.54, 1.807) is 13.8 Å². The molecule has 0 amide bonds. The molecular formula is C30H27NO5. The number of ketones is 1. The average Bonchev–Trinajstić information content (AvgIpc) is 3.51. The van der Waals surface area contributed by atoms with Gasteiger partial charge in [-0.25, -0.2) is 4.79 Å². The maximum atomic E-state index is 13.8. The van der Waals surface area contributed by atoms with Crippen LogP contribution in [0.15, 0.2) is 69.3 Å². The van der Waals surface area contributed by atoms with Crippen molar-refractivity contribution in [2.75, 3.05) is 0 Å². The van der Waals surface area contributed by atoms with Crippen LogP contribution in [0.3, 0.4) is 0 Å². The Hall–Kier alpha value is -4.19. The van der Waals surface area contributed by atoms with Gasteiger partial charge in [-0.05, 0) is 74.6 Å². The largest absolute Gasteiger partial charge is 0.466 e. The summed E-state index contributed by atoms with van der Waals surface area (Å²) in [6, 6.07) is 17.9. The number of ether oxygens (including phenoxy) is 1. The molecule has 2 heterocycles. The van der Waals surface area contributed by atoms with Gasteiger partial charge in [0.05, 0.1) is 17.2 Å². The molecule has 36 heavy (non-hydrogen) atoms. The van der Waals surface area contributed by atoms with Crippen LogP contribution in [0.25, 0.3) is 16.7 Å². The summed E-state index contributed by atoms with van der Waals surface area (Å²) >= 11 is 0. The van der Waals surface area contributed by atoms with Crippen LogP contribution in [-0.4, -0.2) is 16.9 Å². The van der Waals surface area contributed by atoms with Gasteiger partial charge in [0.15, 0.2) is 5.78 Å². The lowest BCUT2D eigenvalue weighted by molar-refractivity contribution is -0.114. The van der Waals surface area contributed by atoms with Gasteiger partial charge in [-0.2, -0.15) is 0 Å². The quantitative estimate of drug-likeness (QED) is 0.292. The van der Waals surface area contributed by atoms with Crippen LogP contribution in [-0.2, 0) is 9.53 Å². The topological polar surface area (TPSA) is 82.5 Å². The molecule has 1 aliphatic carbocycles. The van der Waals surface area contributed by atoms with Crippen molar-refractivity contribution in [2.45, 2.75) is 47.0 Å². The van der Waals surface area contributed by atoms with Gasteiger partial charge in [-0.15, -0.1) is 0 Å². The lowest BCUT2D eigenvalue weighted by Gasteiger charge is -2.15. The Labute approximate surface area is 209 Å². The number of benzene rings is 2. The van der Waals surface area contributed by atoms with Crippen molar-refractivity contribution in [2.24, 2.45) is 0 Å². The maximum absolute atomic E-state index is 13.8. The highest BCUT2D eigenvalue weighted by Gasteiger charge is 2.40. The summed E-state index contributed by atoms with van der Waals surface area (Å²) in [6.45, 7) is 9.15. The zero-order valence-corrected chi connectivity index (χ0v) is 21.0. The number of hydrogen-bond acceptors (Lipinski definition) is 6. The molecule has 1 aliphatic rings. The summed E-state index contributed by atoms with van der Waals surface area (Å²) < 4.78 is 16.9. The Kier molecular flexibility index (Phi) is 5.96. The van der Waals surface area contributed by atoms with Crippen LogP contribution in [0.1, 0.15) is 62.4 Å². The van der Waals surface area contributed by atoms with Crippen LogP contribution < -0.4 is 0 Å². The van der Waals surface area contributed by atoms with Gasteiger partial charge in [0.25, 0.3) is 0 Å². The lowest BCUT2D eigenvalue weighted by Crippen LogP contribution is -2.09. The van der Waals surface area contributed by atoms with Gasteiger partial charge in [-0.3, -0.25) is 4.79 Å². The van der Waals surface area contributed by atoms with Crippen molar-refractivity contribution in [3.05, 3.63) is 106 Å². The number of aryl methyl sites for hydroxylation is 5. The van der Waals surface area contributed by atoms with Crippen molar-refractivity contribution in [1.29, 1.82) is 0 Å². The number of carbonyl (C=O) groups is 2. The first-order valence-corrected chi connectivity index (χ1v) is 11.9. The lowest BCUT2D eigenvalue weighted by atomic mass is 9.89. The molecule has 0 radical (unpaired) electrons. The standard InChI is InChI=1S/C30H27NO5/c1-16-13-22(21-9-7-6-8-10-21)14-17(2)26(16)28-25(35-30(33)27-19(4)31-36-20(27)5)15-23(29(28)32)24-12-11-18(3)34-24/h6-14,23H,15H2,1-5H3. The summed E-state index contributed by atoms with van der Waals surface area (Å²) in [5.41, 5.74) is 5.94. The van der Waals surface area contributed by atoms with Gasteiger partial charge in [-0.1, -0.05) is 47.6 Å². The first kappa shape index (κ1) is 23.5. The molecule has 6 heteroatoms. The SMILES string of the molecule is Cc1ccc(C2CC(OC(=O)c3c(C)noc3C)=C(c3c(C)cc(-c4ccccc4)cc3C)C2=O)o1. The van der Waals surface area contributed by atoms with Crippen molar-refractivity contribution in [3.8, 4) is 11.1 Å². The highest BCUT2D eigenvalue weighted by Crippen LogP contribution is 2.44. The van der Waals surface area contributed by atoms with Crippen molar-refractivity contribution in [3.63, 3.8) is 0 Å². The van der Waals surface area contributed by atoms with Gasteiger partial charge < -0.3 is 13.7 Å². The molecule has 0 aliphatic heterocycles. The maximum Gasteiger partial charge on any atom is 0.348 e. The zero-order chi connectivity index (χ0) is 25.6. The molecule has 1 atom stereocenters. The molecular weight excluding hydrogens is 454 g/mol. The molecule has 0 saturated heterocycles. The highest BCUT2D eigenvalue weighted by atomic mass is 16.5. The molecule has 0 N–H and O–H groups in total. The second-order valence-electron chi connectivity index (χ2n) is 9.31. The zero-order valence-electron chi connectivity index (χ0n) is 21.0. The summed E-state index contributed by atoms with van der Waals surface area (Å²) in [6.07, 6.45) is 0.232. The molecule has 0 spiro atoms. The van der Waals surface area contributed by atoms with Crippen LogP contribution in [0.5, 0.6) is 0 Å². The minimum Gasteiger partial charge on any atom is -0.466 e. The molecule has 2 aromatic carbocycles. The normalized spacial score (nSPS) is 15.6. The van der Waals surface area contributed by atoms with E-state index in [1.165, 1.54) is 0 Å². The van der Waals surface area contributed by atoms with E-state index in [1.807, 2.05) is 51.1 Å². The van der Waals surface area contributed by atoms with Crippen molar-refractivity contribution >= 4 is 17.3 Å². The Morgan fingerprint density at radius 3 is 2.22 bits per heavy atom. The van der Waals surface area contributed by atoms with E-state index in [4.69, 9.17) is 13.7 Å². The van der Waals surface area contributed by atoms with Crippen molar-refractivity contribution < 1.29 is 23.3 Å². The van der Waals surface area contributed by atoms with Gasteiger partial charge in [0.1, 0.15) is 28.6 Å². The molecule has 2 aromatic heterocycles. The fourth-order valence-corrected chi connectivity index (χ4v) is 5.01. The molecule has 0 saturated carbocycles. The average molecular weight is 482 g/mol. The van der Waals surface area contributed by atoms with E-state index in [9.17, 15) is 9.59 Å². The fourth-order valence-electron chi connectivity index (χ4n) is 5.01. The second-order valence-corrected chi connectivity index (χ2v) is 9.31. The van der Waals surface area contributed by atoms with Crippen LogP contribution in [0.4, 0.5) is 0 Å². The number of Topliss-reactive ketones (excluding diaryl/α,β-unsaturated/α-hetero) is 1. The molecule has 6 nitrogen and oxygen atoms in total. The number of aromatic nitrogens is 1. The number of carbonyl (C=O) groups excluding carboxylic acids is 2. The van der Waals surface area contributed by atoms with Crippen LogP contribution in [0, 0.1) is 34.6 Å². The van der Waals surface area contributed by atoms with E-state index in [-0.39, 0.29) is 17.8 Å². The Morgan fingerprint density at radius 2 is 1.64 bits per heavy atom. The van der Waals surface area contributed by atoms with Gasteiger partial charge in [0.2, 0.25) is 0 Å². The van der Waals surface area contributed by atoms with Crippen molar-refractivity contribution in [1.82, 2.24) is 5.16 Å². The number of furan rings is 1. The first-order valence-electron chi connectivity index (χ1n) is 11.9. The Morgan fingerprint density at radius 1 is 0.944 bits per heavy atom. The third kappa shape index (κ3) is 4.09. The molecule has 1 unspecified atom stereocenters. The smallest absolute Gasteiger partial charge is 0.348 e. The number of allylic oxidation sites excluding steroid dienone is 2. The predicted octanol–water partition coefficient (Wildman–Crippen LogP) is 6.80. The van der Waals surface area contributed by atoms with Gasteiger partial charge >= 0.3 is 5.97 Å². The summed E-state index contributed by atoms with van der Waals surface area (Å²) in [4.78, 5) is 27.0. The van der Waals surface area contributed by atoms with E-state index in [2.05, 4.69) is 29.4 Å². The first-order chi connectivity index (χ1) is 17.2. The molecule has 0 bridgehead atoms. The van der Waals surface area contributed by atoms with E-state index in [0.717, 1.165) is 33.6 Å². The monoisotopic (exact) mass is 481 g/mol. The van der Waals surface area contributed by atoms with E-state index >= 15 is 0 Å². The molecule has 5 rings (SSSR count). The van der Waals surface area contributed by atoms with E-state index in [0.29, 0.717) is 28.5 Å². The summed E-state index contributed by atoms with van der Waals surface area (Å²) in [5.74, 6) is 0.733. The molecule has 182 valence electrons. The highest BCUT2D eigenvalue weighted by molar-refractivity contribution is 6.27. The number of esters is 1. The molecule has 4 aromatic rings. The van der Waals surface area contributed by atoms with Crippen LogP contribution >= 0.6 is 0 Å². The summed E-state index contributed by atoms with van der Waals surface area (Å²) in [7, 11) is 0. The minimum atomic E-state index is -0.584. The minimum absolute atomic E-state index is 0.121. The molecule has 0 fully saturated rings. The summed E-state index contributed by atoms with van der Waals surface area (Å²) in [5, 5.41) is 3.86. The number of nitrogens with zero attached hydrogens (tertiary/aromatic N) is 1. The fraction of sp³-hybridized carbons (Fsp3) is 0.233. The predicted molar refractivity (Wildman–Crippen MR) is 135 cm³/mol. The Bertz CT molecular complexity index is 1480. The number of rotatable bonds is 5. The van der Waals surface area contributed by atoms with Crippen LogP contribution in [0.2, 0.25) is 0 Å². The second kappa shape index (κ2) is 9.11. The van der Waals surface area contributed by atoms with E-state index < -0.39 is 11.9 Å². The Balaban J connectivity index is 1.61. The van der Waals surface area contributed by atoms with Gasteiger partial charge in [0, 0.05) is 6.42 Å². The third-order valence-corrected chi connectivity index (χ3v) is 6.68. The number of hydrogen-bond donors (Lipinski definition) is 0. The third-order valence-electron chi connectivity index (χ3n) is 6.68.